The molecule has 0 bridgehead atoms. The molecule has 1 N–H and O–H groups in total. The zero-order valence-corrected chi connectivity index (χ0v) is 29.9. The number of hydrogen-bond acceptors (Lipinski definition) is 3. The third-order valence-electron chi connectivity index (χ3n) is 13.0. The Morgan fingerprint density at radius 1 is 1.00 bits per heavy atom. The van der Waals surface area contributed by atoms with Gasteiger partial charge < -0.3 is 0 Å². The van der Waals surface area contributed by atoms with E-state index in [0.717, 1.165) is 46.6 Å². The molecule has 8 unspecified atom stereocenters. The van der Waals surface area contributed by atoms with Gasteiger partial charge in [0, 0.05) is 18.9 Å². The van der Waals surface area contributed by atoms with Crippen molar-refractivity contribution < 1.29 is 17.5 Å². The van der Waals surface area contributed by atoms with E-state index in [1.54, 1.807) is 17.7 Å². The van der Waals surface area contributed by atoms with Gasteiger partial charge in [-0.2, -0.15) is 13.7 Å². The van der Waals surface area contributed by atoms with Gasteiger partial charge in [-0.05, 0) is 110 Å². The topological polar surface area (TPSA) is 82.0 Å². The van der Waals surface area contributed by atoms with Gasteiger partial charge in [0.2, 0.25) is 0 Å². The fourth-order valence-corrected chi connectivity index (χ4v) is 10.9. The Bertz CT molecular complexity index is 1540. The van der Waals surface area contributed by atoms with Crippen molar-refractivity contribution in [3.8, 4) is 6.07 Å². The summed E-state index contributed by atoms with van der Waals surface area (Å²) < 4.78 is 31.9. The summed E-state index contributed by atoms with van der Waals surface area (Å²) in [5.74, 6) is 5.40. The molecule has 250 valence electrons. The Morgan fingerprint density at radius 2 is 1.74 bits per heavy atom. The summed E-state index contributed by atoms with van der Waals surface area (Å²) in [7, 11) is -4.02. The van der Waals surface area contributed by atoms with E-state index in [2.05, 4.69) is 63.7 Å². The maximum Gasteiger partial charge on any atom is 0.294 e. The lowest BCUT2D eigenvalue weighted by Crippen LogP contribution is -2.52. The van der Waals surface area contributed by atoms with Crippen molar-refractivity contribution in [3.63, 3.8) is 0 Å². The van der Waals surface area contributed by atoms with Crippen molar-refractivity contribution >= 4 is 10.1 Å². The summed E-state index contributed by atoms with van der Waals surface area (Å²) in [5.41, 5.74) is 4.45. The molecule has 1 aromatic heterocycles. The van der Waals surface area contributed by atoms with Gasteiger partial charge in [-0.3, -0.25) is 4.55 Å². The second kappa shape index (κ2) is 13.9. The van der Waals surface area contributed by atoms with E-state index in [4.69, 9.17) is 4.55 Å². The number of nitriles is 1. The molecule has 46 heavy (non-hydrogen) atoms. The first-order valence-corrected chi connectivity index (χ1v) is 19.3. The number of rotatable bonds is 7. The molecule has 6 rings (SSSR count). The van der Waals surface area contributed by atoms with Gasteiger partial charge in [-0.15, -0.1) is 0 Å². The predicted molar refractivity (Wildman–Crippen MR) is 184 cm³/mol. The van der Waals surface area contributed by atoms with Crippen molar-refractivity contribution in [2.24, 2.45) is 46.3 Å². The standard InChI is InChI=1S/C33H49N2.C7H8O3S/c1-23(2)8-6-9-24(3)29-13-14-30-28-12-11-26-20-27(35-19-7-10-25(21-34)22-35)15-17-32(26,4)31(28)16-18-33(29,30)5;1-6-2-4-7(5-3-6)11(8,9)10/h7,10-11,19,22-24,27-31H,6,8-9,12-18,20H2,1-5H3;2-5H,1H3,(H,8,9,10)/q+1;. The number of hydrogen-bond donors (Lipinski definition) is 1. The largest absolute Gasteiger partial charge is 0.294 e. The maximum atomic E-state index is 10.5. The highest BCUT2D eigenvalue weighted by Gasteiger charge is 2.59. The molecule has 5 nitrogen and oxygen atoms in total. The van der Waals surface area contributed by atoms with Gasteiger partial charge in [0.15, 0.2) is 18.4 Å². The average molecular weight is 646 g/mol. The van der Waals surface area contributed by atoms with Gasteiger partial charge in [-0.25, -0.2) is 4.57 Å². The molecule has 6 heteroatoms. The van der Waals surface area contributed by atoms with Gasteiger partial charge in [0.05, 0.1) is 4.90 Å². The summed E-state index contributed by atoms with van der Waals surface area (Å²) in [4.78, 5) is -0.0666. The SMILES string of the molecule is CC(C)CCCC(C)C1CCC2C3CC=C4CC([n+]5cccc(C#N)c5)CCC4(C)C3CCC12C.Cc1ccc(S(=O)(=O)O)cc1. The van der Waals surface area contributed by atoms with Crippen LogP contribution in [-0.2, 0) is 10.1 Å². The minimum atomic E-state index is -4.02. The normalized spacial score (nSPS) is 32.6. The molecular weight excluding hydrogens is 589 g/mol. The highest BCUT2D eigenvalue weighted by Crippen LogP contribution is 2.67. The lowest BCUT2D eigenvalue weighted by molar-refractivity contribution is -0.725. The van der Waals surface area contributed by atoms with Crippen molar-refractivity contribution in [1.82, 2.24) is 0 Å². The first-order valence-electron chi connectivity index (χ1n) is 17.9. The molecule has 2 aromatic rings. The summed E-state index contributed by atoms with van der Waals surface area (Å²) in [6.07, 6.45) is 22.1. The van der Waals surface area contributed by atoms with Crippen LogP contribution in [-0.4, -0.2) is 13.0 Å². The van der Waals surface area contributed by atoms with Gasteiger partial charge >= 0.3 is 0 Å². The van der Waals surface area contributed by atoms with Crippen LogP contribution in [0, 0.1) is 64.6 Å². The molecule has 8 atom stereocenters. The van der Waals surface area contributed by atoms with Crippen LogP contribution < -0.4 is 4.57 Å². The molecule has 4 aliphatic carbocycles. The third-order valence-corrected chi connectivity index (χ3v) is 13.8. The van der Waals surface area contributed by atoms with Crippen LogP contribution >= 0.6 is 0 Å². The minimum Gasteiger partial charge on any atom is -0.282 e. The minimum absolute atomic E-state index is 0.0666. The first kappa shape index (κ1) is 34.8. The van der Waals surface area contributed by atoms with Crippen LogP contribution in [0.15, 0.2) is 65.3 Å². The van der Waals surface area contributed by atoms with E-state index in [1.807, 2.05) is 19.1 Å². The number of fused-ring (bicyclic) bond motifs is 5. The van der Waals surface area contributed by atoms with Crippen LogP contribution in [0.2, 0.25) is 0 Å². The van der Waals surface area contributed by atoms with Gasteiger partial charge in [0.1, 0.15) is 11.6 Å². The molecule has 0 aliphatic heterocycles. The molecule has 0 radical (unpaired) electrons. The Balaban J connectivity index is 0.000000322. The lowest BCUT2D eigenvalue weighted by atomic mass is 9.47. The van der Waals surface area contributed by atoms with Crippen LogP contribution in [0.5, 0.6) is 0 Å². The number of aromatic nitrogens is 1. The van der Waals surface area contributed by atoms with Crippen molar-refractivity contribution in [3.05, 3.63) is 71.6 Å². The predicted octanol–water partition coefficient (Wildman–Crippen LogP) is 9.67. The van der Waals surface area contributed by atoms with Crippen molar-refractivity contribution in [1.29, 1.82) is 5.26 Å². The van der Waals surface area contributed by atoms with Crippen LogP contribution in [0.1, 0.15) is 122 Å². The first-order chi connectivity index (χ1) is 21.8. The number of aryl methyl sites for hydroxylation is 1. The Kier molecular flexibility index (Phi) is 10.5. The quantitative estimate of drug-likeness (QED) is 0.185. The van der Waals surface area contributed by atoms with Gasteiger partial charge in [-0.1, -0.05) is 83.2 Å². The molecule has 4 aliphatic rings. The number of allylic oxidation sites excluding steroid dienone is 2. The molecule has 3 saturated carbocycles. The highest BCUT2D eigenvalue weighted by molar-refractivity contribution is 7.85. The summed E-state index contributed by atoms with van der Waals surface area (Å²) in [6.45, 7) is 14.5. The Labute approximate surface area is 279 Å². The van der Waals surface area contributed by atoms with Crippen molar-refractivity contribution in [2.45, 2.75) is 123 Å². The zero-order valence-electron chi connectivity index (χ0n) is 29.1. The van der Waals surface area contributed by atoms with E-state index in [1.165, 1.54) is 82.8 Å². The lowest BCUT2D eigenvalue weighted by Gasteiger charge is -2.58. The summed E-state index contributed by atoms with van der Waals surface area (Å²) in [5, 5.41) is 9.36. The molecule has 3 fully saturated rings. The third kappa shape index (κ3) is 7.16. The maximum absolute atomic E-state index is 10.5. The summed E-state index contributed by atoms with van der Waals surface area (Å²) in [6, 6.07) is 12.8. The molecule has 0 saturated heterocycles. The zero-order chi connectivity index (χ0) is 33.3. The second-order valence-corrected chi connectivity index (χ2v) is 17.5. The molecule has 1 aromatic carbocycles. The van der Waals surface area contributed by atoms with Crippen LogP contribution in [0.4, 0.5) is 0 Å². The van der Waals surface area contributed by atoms with Gasteiger partial charge in [0.25, 0.3) is 10.1 Å². The highest BCUT2D eigenvalue weighted by atomic mass is 32.2. The number of pyridine rings is 1. The fourth-order valence-electron chi connectivity index (χ4n) is 10.4. The molecular formula is C40H57N2O3S+. The van der Waals surface area contributed by atoms with E-state index in [0.29, 0.717) is 16.9 Å². The summed E-state index contributed by atoms with van der Waals surface area (Å²) >= 11 is 0. The van der Waals surface area contributed by atoms with E-state index >= 15 is 0 Å². The Hall–Kier alpha value is -2.49. The van der Waals surface area contributed by atoms with Crippen molar-refractivity contribution in [2.75, 3.05) is 0 Å². The number of nitrogens with zero attached hydrogens (tertiary/aromatic N) is 2. The van der Waals surface area contributed by atoms with Crippen LogP contribution in [0.3, 0.4) is 0 Å². The second-order valence-electron chi connectivity index (χ2n) is 16.1. The molecule has 0 amide bonds. The Morgan fingerprint density at radius 3 is 2.41 bits per heavy atom. The van der Waals surface area contributed by atoms with E-state index in [-0.39, 0.29) is 4.90 Å². The van der Waals surface area contributed by atoms with Crippen LogP contribution in [0.25, 0.3) is 0 Å². The molecule has 1 heterocycles. The number of benzene rings is 1. The fraction of sp³-hybridized carbons (Fsp3) is 0.650. The monoisotopic (exact) mass is 645 g/mol. The average Bonchev–Trinajstić information content (AvgIpc) is 3.38. The van der Waals surface area contributed by atoms with E-state index in [9.17, 15) is 13.7 Å². The van der Waals surface area contributed by atoms with E-state index < -0.39 is 10.1 Å². The smallest absolute Gasteiger partial charge is 0.282 e. The molecule has 0 spiro atoms.